The van der Waals surface area contributed by atoms with Crippen molar-refractivity contribution in [1.82, 2.24) is 25.5 Å². The molecule has 1 rings (SSSR count). The molecule has 0 unspecified atom stereocenters. The molecule has 1 amide bonds. The highest BCUT2D eigenvalue weighted by atomic mass is 16.6. The molecule has 7 nitrogen and oxygen atoms in total. The molecule has 18 heavy (non-hydrogen) atoms. The largest absolute Gasteiger partial charge is 0.444 e. The SMILES string of the molecule is CC(C)n1nnnc1CCNC(=O)OC(C)(C)C. The van der Waals surface area contributed by atoms with Gasteiger partial charge in [-0.2, -0.15) is 0 Å². The predicted molar refractivity (Wildman–Crippen MR) is 66.1 cm³/mol. The second-order valence-corrected chi connectivity index (χ2v) is 5.31. The fourth-order valence-corrected chi connectivity index (χ4v) is 1.37. The summed E-state index contributed by atoms with van der Waals surface area (Å²) in [5.41, 5.74) is -0.483. The maximum atomic E-state index is 11.4. The lowest BCUT2D eigenvalue weighted by molar-refractivity contribution is 0.0528. The predicted octanol–water partition coefficient (Wildman–Crippen LogP) is 1.32. The van der Waals surface area contributed by atoms with Crippen LogP contribution in [0.5, 0.6) is 0 Å². The molecule has 0 aromatic carbocycles. The topological polar surface area (TPSA) is 81.9 Å². The molecule has 0 saturated carbocycles. The monoisotopic (exact) mass is 255 g/mol. The Kier molecular flexibility index (Phi) is 4.63. The number of hydrogen-bond donors (Lipinski definition) is 1. The van der Waals surface area contributed by atoms with Crippen LogP contribution in [0.2, 0.25) is 0 Å². The first kappa shape index (κ1) is 14.4. The van der Waals surface area contributed by atoms with Gasteiger partial charge in [-0.05, 0) is 45.0 Å². The Morgan fingerprint density at radius 3 is 2.67 bits per heavy atom. The molecule has 0 spiro atoms. The number of rotatable bonds is 4. The van der Waals surface area contributed by atoms with E-state index in [0.717, 1.165) is 5.82 Å². The maximum absolute atomic E-state index is 11.4. The zero-order chi connectivity index (χ0) is 13.8. The van der Waals surface area contributed by atoms with E-state index in [4.69, 9.17) is 4.74 Å². The van der Waals surface area contributed by atoms with Gasteiger partial charge in [0.25, 0.3) is 0 Å². The fraction of sp³-hybridized carbons (Fsp3) is 0.818. The highest BCUT2D eigenvalue weighted by Gasteiger charge is 2.16. The molecule has 1 aromatic rings. The number of alkyl carbamates (subject to hydrolysis) is 1. The third-order valence-electron chi connectivity index (χ3n) is 2.07. The summed E-state index contributed by atoms with van der Waals surface area (Å²) < 4.78 is 6.86. The van der Waals surface area contributed by atoms with E-state index in [1.807, 2.05) is 34.6 Å². The van der Waals surface area contributed by atoms with Gasteiger partial charge in [-0.1, -0.05) is 0 Å². The number of aromatic nitrogens is 4. The Hall–Kier alpha value is -1.66. The molecule has 1 N–H and O–H groups in total. The van der Waals surface area contributed by atoms with Gasteiger partial charge in [0.1, 0.15) is 5.60 Å². The van der Waals surface area contributed by atoms with Crippen molar-refractivity contribution in [3.63, 3.8) is 0 Å². The Labute approximate surface area is 107 Å². The van der Waals surface area contributed by atoms with Crippen LogP contribution < -0.4 is 5.32 Å². The van der Waals surface area contributed by atoms with Gasteiger partial charge in [0.2, 0.25) is 0 Å². The van der Waals surface area contributed by atoms with Gasteiger partial charge in [-0.15, -0.1) is 5.10 Å². The summed E-state index contributed by atoms with van der Waals surface area (Å²) in [4.78, 5) is 11.4. The highest BCUT2D eigenvalue weighted by molar-refractivity contribution is 5.67. The molecule has 102 valence electrons. The van der Waals surface area contributed by atoms with Gasteiger partial charge in [0, 0.05) is 13.0 Å². The third kappa shape index (κ3) is 4.68. The van der Waals surface area contributed by atoms with Gasteiger partial charge >= 0.3 is 6.09 Å². The van der Waals surface area contributed by atoms with Crippen molar-refractivity contribution in [2.45, 2.75) is 52.7 Å². The molecule has 0 aliphatic heterocycles. The molecule has 0 aliphatic carbocycles. The average Bonchev–Trinajstić information content (AvgIpc) is 2.62. The van der Waals surface area contributed by atoms with Crippen molar-refractivity contribution in [1.29, 1.82) is 0 Å². The second kappa shape index (κ2) is 5.79. The lowest BCUT2D eigenvalue weighted by atomic mass is 10.2. The molecule has 7 heteroatoms. The van der Waals surface area contributed by atoms with E-state index in [1.54, 1.807) is 4.68 Å². The summed E-state index contributed by atoms with van der Waals surface area (Å²) in [5.74, 6) is 0.751. The number of carbonyl (C=O) groups excluding carboxylic acids is 1. The minimum Gasteiger partial charge on any atom is -0.444 e. The normalized spacial score (nSPS) is 11.7. The van der Waals surface area contributed by atoms with E-state index < -0.39 is 11.7 Å². The summed E-state index contributed by atoms with van der Waals surface area (Å²) in [6.07, 6.45) is 0.149. The highest BCUT2D eigenvalue weighted by Crippen LogP contribution is 2.07. The van der Waals surface area contributed by atoms with Gasteiger partial charge in [-0.25, -0.2) is 9.48 Å². The Morgan fingerprint density at radius 1 is 1.44 bits per heavy atom. The van der Waals surface area contributed by atoms with Gasteiger partial charge in [-0.3, -0.25) is 0 Å². The Bertz CT molecular complexity index is 394. The smallest absolute Gasteiger partial charge is 0.407 e. The summed E-state index contributed by atoms with van der Waals surface area (Å²) in [5, 5.41) is 14.1. The van der Waals surface area contributed by atoms with Crippen molar-refractivity contribution in [3.05, 3.63) is 5.82 Å². The number of tetrazole rings is 1. The van der Waals surface area contributed by atoms with Crippen molar-refractivity contribution in [2.75, 3.05) is 6.54 Å². The van der Waals surface area contributed by atoms with Crippen LogP contribution in [0.25, 0.3) is 0 Å². The Morgan fingerprint density at radius 2 is 2.11 bits per heavy atom. The van der Waals surface area contributed by atoms with Crippen LogP contribution in [0, 0.1) is 0 Å². The molecule has 0 bridgehead atoms. The molecule has 1 aromatic heterocycles. The zero-order valence-electron chi connectivity index (χ0n) is 11.6. The number of ether oxygens (including phenoxy) is 1. The Balaban J connectivity index is 2.38. The zero-order valence-corrected chi connectivity index (χ0v) is 11.6. The maximum Gasteiger partial charge on any atom is 0.407 e. The first-order valence-electron chi connectivity index (χ1n) is 6.03. The summed E-state index contributed by atoms with van der Waals surface area (Å²) in [6, 6.07) is 0.205. The first-order chi connectivity index (χ1) is 8.29. The lowest BCUT2D eigenvalue weighted by Gasteiger charge is -2.19. The van der Waals surface area contributed by atoms with E-state index in [-0.39, 0.29) is 6.04 Å². The minimum absolute atomic E-state index is 0.205. The van der Waals surface area contributed by atoms with Crippen LogP contribution in [0.3, 0.4) is 0 Å². The van der Waals surface area contributed by atoms with Crippen LogP contribution in [-0.2, 0) is 11.2 Å². The fourth-order valence-electron chi connectivity index (χ4n) is 1.37. The van der Waals surface area contributed by atoms with Gasteiger partial charge in [0.15, 0.2) is 5.82 Å². The average molecular weight is 255 g/mol. The van der Waals surface area contributed by atoms with Gasteiger partial charge in [0.05, 0.1) is 6.04 Å². The quantitative estimate of drug-likeness (QED) is 0.877. The molecule has 0 radical (unpaired) electrons. The molecular weight excluding hydrogens is 234 g/mol. The van der Waals surface area contributed by atoms with Crippen LogP contribution in [0.15, 0.2) is 0 Å². The first-order valence-corrected chi connectivity index (χ1v) is 6.03. The van der Waals surface area contributed by atoms with Crippen molar-refractivity contribution in [2.24, 2.45) is 0 Å². The van der Waals surface area contributed by atoms with E-state index in [2.05, 4.69) is 20.8 Å². The van der Waals surface area contributed by atoms with E-state index in [1.165, 1.54) is 0 Å². The summed E-state index contributed by atoms with van der Waals surface area (Å²) in [6.45, 7) is 9.92. The summed E-state index contributed by atoms with van der Waals surface area (Å²) in [7, 11) is 0. The van der Waals surface area contributed by atoms with Crippen LogP contribution in [0.4, 0.5) is 4.79 Å². The van der Waals surface area contributed by atoms with Gasteiger partial charge < -0.3 is 10.1 Å². The van der Waals surface area contributed by atoms with Crippen molar-refractivity contribution < 1.29 is 9.53 Å². The number of hydrogen-bond acceptors (Lipinski definition) is 5. The number of nitrogens with zero attached hydrogens (tertiary/aromatic N) is 4. The summed E-state index contributed by atoms with van der Waals surface area (Å²) >= 11 is 0. The second-order valence-electron chi connectivity index (χ2n) is 5.31. The molecule has 0 aliphatic rings. The molecule has 0 saturated heterocycles. The lowest BCUT2D eigenvalue weighted by Crippen LogP contribution is -2.33. The third-order valence-corrected chi connectivity index (χ3v) is 2.07. The van der Waals surface area contributed by atoms with Crippen molar-refractivity contribution in [3.8, 4) is 0 Å². The minimum atomic E-state index is -0.483. The van der Waals surface area contributed by atoms with E-state index >= 15 is 0 Å². The van der Waals surface area contributed by atoms with E-state index in [9.17, 15) is 4.79 Å². The standard InChI is InChI=1S/C11H21N5O2/c1-8(2)16-9(13-14-15-16)6-7-12-10(17)18-11(3,4)5/h8H,6-7H2,1-5H3,(H,12,17). The molecule has 1 heterocycles. The van der Waals surface area contributed by atoms with Crippen molar-refractivity contribution >= 4 is 6.09 Å². The van der Waals surface area contributed by atoms with Crippen LogP contribution >= 0.6 is 0 Å². The molecule has 0 atom stereocenters. The number of amides is 1. The molecular formula is C11H21N5O2. The molecule has 0 fully saturated rings. The van der Waals surface area contributed by atoms with E-state index in [0.29, 0.717) is 13.0 Å². The number of nitrogens with one attached hydrogen (secondary N) is 1. The van der Waals surface area contributed by atoms with Crippen LogP contribution in [-0.4, -0.2) is 38.4 Å². The van der Waals surface area contributed by atoms with Crippen LogP contribution in [0.1, 0.15) is 46.5 Å². The number of carbonyl (C=O) groups is 1.